The summed E-state index contributed by atoms with van der Waals surface area (Å²) < 4.78 is 23.1. The molecule has 1 atom stereocenters. The number of halogens is 1. The molecule has 0 spiro atoms. The van der Waals surface area contributed by atoms with Crippen LogP contribution in [0.2, 0.25) is 0 Å². The molecule has 0 bridgehead atoms. The minimum Gasteiger partial charge on any atom is -0.370 e. The molecule has 1 aliphatic heterocycles. The van der Waals surface area contributed by atoms with Crippen LogP contribution in [0.25, 0.3) is 0 Å². The van der Waals surface area contributed by atoms with E-state index in [1.807, 2.05) is 6.92 Å². The van der Waals surface area contributed by atoms with Crippen molar-refractivity contribution in [2.24, 2.45) is 10.9 Å². The van der Waals surface area contributed by atoms with Crippen molar-refractivity contribution in [2.45, 2.75) is 27.2 Å². The first-order chi connectivity index (χ1) is 12.4. The number of hydrogen-bond donors (Lipinski definition) is 2. The van der Waals surface area contributed by atoms with Gasteiger partial charge in [-0.15, -0.1) is 24.0 Å². The van der Waals surface area contributed by atoms with Crippen molar-refractivity contribution in [1.82, 2.24) is 10.6 Å². The molecule has 27 heavy (non-hydrogen) atoms. The zero-order valence-electron chi connectivity index (χ0n) is 16.6. The molecule has 154 valence electrons. The second-order valence-electron chi connectivity index (χ2n) is 6.83. The average molecular weight is 508 g/mol. The summed E-state index contributed by atoms with van der Waals surface area (Å²) >= 11 is 0. The fourth-order valence-corrected chi connectivity index (χ4v) is 5.03. The van der Waals surface area contributed by atoms with Gasteiger partial charge in [-0.2, -0.15) is 0 Å². The highest BCUT2D eigenvalue weighted by Crippen LogP contribution is 2.18. The van der Waals surface area contributed by atoms with Crippen molar-refractivity contribution < 1.29 is 8.42 Å². The number of benzene rings is 1. The van der Waals surface area contributed by atoms with E-state index in [0.717, 1.165) is 38.6 Å². The van der Waals surface area contributed by atoms with E-state index >= 15 is 0 Å². The third kappa shape index (κ3) is 8.25. The minimum absolute atomic E-state index is 0. The van der Waals surface area contributed by atoms with E-state index in [2.05, 4.69) is 58.6 Å². The van der Waals surface area contributed by atoms with E-state index < -0.39 is 9.84 Å². The largest absolute Gasteiger partial charge is 0.370 e. The molecule has 1 aliphatic rings. The summed E-state index contributed by atoms with van der Waals surface area (Å²) in [7, 11) is -2.84. The predicted molar refractivity (Wildman–Crippen MR) is 125 cm³/mol. The Labute approximate surface area is 181 Å². The number of nitrogens with one attached hydrogen (secondary N) is 2. The quantitative estimate of drug-likeness (QED) is 0.321. The van der Waals surface area contributed by atoms with Crippen molar-refractivity contribution in [2.75, 3.05) is 49.1 Å². The molecule has 1 aromatic carbocycles. The number of likely N-dealkylation sites (N-methyl/N-ethyl adjacent to an activating group) is 1. The Balaban J connectivity index is 0.00000364. The molecule has 2 rings (SSSR count). The monoisotopic (exact) mass is 508 g/mol. The number of aliphatic imine (C=N–C) groups is 1. The Kier molecular flexibility index (Phi) is 10.4. The molecule has 1 aromatic rings. The first-order valence-electron chi connectivity index (χ1n) is 9.47. The lowest BCUT2D eigenvalue weighted by Gasteiger charge is -2.24. The lowest BCUT2D eigenvalue weighted by Crippen LogP contribution is -2.42. The van der Waals surface area contributed by atoms with Gasteiger partial charge in [0.2, 0.25) is 0 Å². The summed E-state index contributed by atoms with van der Waals surface area (Å²) in [5.74, 6) is 1.48. The van der Waals surface area contributed by atoms with Gasteiger partial charge in [0.1, 0.15) is 0 Å². The molecule has 8 heteroatoms. The van der Waals surface area contributed by atoms with Gasteiger partial charge in [-0.1, -0.05) is 12.1 Å². The predicted octanol–water partition coefficient (Wildman–Crippen LogP) is 2.43. The van der Waals surface area contributed by atoms with Crippen molar-refractivity contribution in [1.29, 1.82) is 0 Å². The molecule has 1 heterocycles. The number of rotatable bonds is 8. The highest BCUT2D eigenvalue weighted by Gasteiger charge is 2.27. The molecule has 1 unspecified atom stereocenters. The van der Waals surface area contributed by atoms with Crippen molar-refractivity contribution in [3.8, 4) is 0 Å². The van der Waals surface area contributed by atoms with E-state index in [1.54, 1.807) is 0 Å². The summed E-state index contributed by atoms with van der Waals surface area (Å²) in [6, 6.07) is 8.52. The maximum Gasteiger partial charge on any atom is 0.191 e. The van der Waals surface area contributed by atoms with Crippen LogP contribution in [0.5, 0.6) is 0 Å². The number of sulfone groups is 1. The van der Waals surface area contributed by atoms with Gasteiger partial charge in [0.15, 0.2) is 15.8 Å². The molecule has 0 aromatic heterocycles. The first-order valence-corrected chi connectivity index (χ1v) is 11.3. The minimum atomic E-state index is -2.84. The van der Waals surface area contributed by atoms with Crippen molar-refractivity contribution >= 4 is 45.5 Å². The van der Waals surface area contributed by atoms with Crippen LogP contribution in [-0.4, -0.2) is 58.6 Å². The average Bonchev–Trinajstić information content (AvgIpc) is 2.95. The SMILES string of the molecule is CCNC(=NCC1CCS(=O)(=O)C1)NCCN(CC)c1cccc(C)c1.I. The van der Waals surface area contributed by atoms with E-state index in [-0.39, 0.29) is 35.6 Å². The number of anilines is 1. The van der Waals surface area contributed by atoms with Gasteiger partial charge in [0.05, 0.1) is 11.5 Å². The Hall–Kier alpha value is -1.03. The second kappa shape index (κ2) is 11.7. The smallest absolute Gasteiger partial charge is 0.191 e. The van der Waals surface area contributed by atoms with Gasteiger partial charge in [-0.05, 0) is 50.8 Å². The van der Waals surface area contributed by atoms with Gasteiger partial charge in [0, 0.05) is 38.4 Å². The van der Waals surface area contributed by atoms with Crippen LogP contribution in [0.15, 0.2) is 29.3 Å². The van der Waals surface area contributed by atoms with E-state index in [4.69, 9.17) is 0 Å². The second-order valence-corrected chi connectivity index (χ2v) is 9.06. The van der Waals surface area contributed by atoms with Crippen LogP contribution in [0.3, 0.4) is 0 Å². The molecular formula is C19H33IN4O2S. The van der Waals surface area contributed by atoms with Crippen molar-refractivity contribution in [3.63, 3.8) is 0 Å². The van der Waals surface area contributed by atoms with E-state index in [0.29, 0.717) is 12.3 Å². The Morgan fingerprint density at radius 3 is 2.67 bits per heavy atom. The molecule has 1 saturated heterocycles. The summed E-state index contributed by atoms with van der Waals surface area (Å²) in [5, 5.41) is 6.60. The lowest BCUT2D eigenvalue weighted by atomic mass is 10.1. The highest BCUT2D eigenvalue weighted by atomic mass is 127. The zero-order chi connectivity index (χ0) is 19.0. The fourth-order valence-electron chi connectivity index (χ4n) is 3.18. The summed E-state index contributed by atoms with van der Waals surface area (Å²) in [6.07, 6.45) is 0.724. The van der Waals surface area contributed by atoms with Gasteiger partial charge < -0.3 is 15.5 Å². The maximum absolute atomic E-state index is 11.6. The topological polar surface area (TPSA) is 73.8 Å². The van der Waals surface area contributed by atoms with Crippen LogP contribution in [0.4, 0.5) is 5.69 Å². The summed E-state index contributed by atoms with van der Waals surface area (Å²) in [6.45, 7) is 10.2. The standard InChI is InChI=1S/C19H32N4O2S.HI/c1-4-20-19(22-14-17-9-12-26(24,25)15-17)21-10-11-23(5-2)18-8-6-7-16(3)13-18;/h6-8,13,17H,4-5,9-12,14-15H2,1-3H3,(H2,20,21,22);1H. The Bertz CT molecular complexity index is 709. The highest BCUT2D eigenvalue weighted by molar-refractivity contribution is 14.0. The Morgan fingerprint density at radius 2 is 2.07 bits per heavy atom. The third-order valence-corrected chi connectivity index (χ3v) is 6.44. The molecule has 0 aliphatic carbocycles. The lowest BCUT2D eigenvalue weighted by molar-refractivity contribution is 0.589. The summed E-state index contributed by atoms with van der Waals surface area (Å²) in [5.41, 5.74) is 2.49. The molecule has 6 nitrogen and oxygen atoms in total. The van der Waals surface area contributed by atoms with E-state index in [9.17, 15) is 8.42 Å². The molecular weight excluding hydrogens is 475 g/mol. The molecule has 1 fully saturated rings. The number of hydrogen-bond acceptors (Lipinski definition) is 4. The van der Waals surface area contributed by atoms with Crippen molar-refractivity contribution in [3.05, 3.63) is 29.8 Å². The molecule has 2 N–H and O–H groups in total. The van der Waals surface area contributed by atoms with Gasteiger partial charge >= 0.3 is 0 Å². The maximum atomic E-state index is 11.6. The van der Waals surface area contributed by atoms with Crippen LogP contribution in [0, 0.1) is 12.8 Å². The van der Waals surface area contributed by atoms with Crippen LogP contribution in [-0.2, 0) is 9.84 Å². The first kappa shape index (κ1) is 24.0. The zero-order valence-corrected chi connectivity index (χ0v) is 19.7. The summed E-state index contributed by atoms with van der Waals surface area (Å²) in [4.78, 5) is 6.91. The van der Waals surface area contributed by atoms with Gasteiger partial charge in [-0.25, -0.2) is 8.42 Å². The number of guanidine groups is 1. The Morgan fingerprint density at radius 1 is 1.30 bits per heavy atom. The third-order valence-electron chi connectivity index (χ3n) is 4.60. The molecule has 0 radical (unpaired) electrons. The van der Waals surface area contributed by atoms with E-state index in [1.165, 1.54) is 11.3 Å². The normalized spacial score (nSPS) is 18.6. The fraction of sp³-hybridized carbons (Fsp3) is 0.632. The van der Waals surface area contributed by atoms with Gasteiger partial charge in [-0.3, -0.25) is 4.99 Å². The molecule has 0 amide bonds. The van der Waals surface area contributed by atoms with Crippen LogP contribution >= 0.6 is 24.0 Å². The van der Waals surface area contributed by atoms with Gasteiger partial charge in [0.25, 0.3) is 0 Å². The van der Waals surface area contributed by atoms with Crippen LogP contribution < -0.4 is 15.5 Å². The van der Waals surface area contributed by atoms with Crippen LogP contribution in [0.1, 0.15) is 25.8 Å². The number of nitrogens with zero attached hydrogens (tertiary/aromatic N) is 2. The number of aryl methyl sites for hydroxylation is 1. The molecule has 0 saturated carbocycles.